The van der Waals surface area contributed by atoms with Crippen LogP contribution in [0.2, 0.25) is 0 Å². The van der Waals surface area contributed by atoms with Crippen LogP contribution in [-0.4, -0.2) is 14.7 Å². The summed E-state index contributed by atoms with van der Waals surface area (Å²) in [6, 6.07) is 0. The Morgan fingerprint density at radius 1 is 1.29 bits per heavy atom. The van der Waals surface area contributed by atoms with Crippen molar-refractivity contribution in [1.82, 2.24) is 0 Å². The first-order chi connectivity index (χ1) is 5.81. The van der Waals surface area contributed by atoms with Crippen molar-refractivity contribution < 1.29 is 60.1 Å². The second-order valence-electron chi connectivity index (χ2n) is 2.93. The van der Waals surface area contributed by atoms with E-state index in [0.717, 1.165) is 0 Å². The number of phosphoric acid groups is 1. The van der Waals surface area contributed by atoms with Gasteiger partial charge in [-0.3, -0.25) is 0 Å². The largest absolute Gasteiger partial charge is 0.466 e. The van der Waals surface area contributed by atoms with Crippen LogP contribution < -0.4 is 0 Å². The number of hydrogen-bond acceptors (Lipinski definition) is 1. The summed E-state index contributed by atoms with van der Waals surface area (Å²) in [7, 11) is -4.64. The maximum Gasteiger partial charge on any atom is 0.466 e. The van der Waals surface area contributed by atoms with Gasteiger partial charge in [0.2, 0.25) is 0 Å². The van der Waals surface area contributed by atoms with Crippen molar-refractivity contribution in [2.24, 2.45) is 5.92 Å². The smallest absolute Gasteiger partial charge is 0.340 e. The fourth-order valence-electron chi connectivity index (χ4n) is 0.697. The molecule has 0 aliphatic rings. The van der Waals surface area contributed by atoms with Gasteiger partial charge in [0.1, 0.15) is 0 Å². The molecule has 0 spiro atoms. The van der Waals surface area contributed by atoms with Gasteiger partial charge in [0.15, 0.2) is 0 Å². The molecule has 86 valence electrons. The summed E-state index contributed by atoms with van der Waals surface area (Å²) in [5, 5.41) is 0. The molecule has 0 rings (SSSR count). The molecule has 3 N–H and O–H groups in total. The van der Waals surface area contributed by atoms with Gasteiger partial charge in [-0.2, -0.15) is 5.92 Å². The molecule has 0 aliphatic carbocycles. The molecule has 0 aromatic heterocycles. The van der Waals surface area contributed by atoms with Gasteiger partial charge >= 0.3 is 7.82 Å². The van der Waals surface area contributed by atoms with Gasteiger partial charge in [-0.1, -0.05) is 39.5 Å². The van der Waals surface area contributed by atoms with E-state index in [2.05, 4.69) is 20.8 Å². The topological polar surface area (TPSA) is 77.8 Å². The third kappa shape index (κ3) is 37.5. The monoisotopic (exact) mass is 353 g/mol. The number of hydrogen-bond donors (Lipinski definition) is 3. The fraction of sp³-hybridized carbons (Fsp3) is 0.875. The van der Waals surface area contributed by atoms with Crippen LogP contribution in [0.3, 0.4) is 0 Å². The van der Waals surface area contributed by atoms with Crippen LogP contribution >= 0.6 is 7.82 Å². The number of unbranched alkanes of at least 4 members (excludes halogenated alkanes) is 1. The van der Waals surface area contributed by atoms with E-state index in [1.807, 2.05) is 0 Å². The van der Waals surface area contributed by atoms with Crippen LogP contribution in [0.4, 0.5) is 0 Å². The summed E-state index contributed by atoms with van der Waals surface area (Å²) < 4.78 is 8.88. The number of rotatable bonds is 4. The van der Waals surface area contributed by atoms with Gasteiger partial charge in [0.25, 0.3) is 0 Å². The molecule has 4 nitrogen and oxygen atoms in total. The van der Waals surface area contributed by atoms with Crippen molar-refractivity contribution in [1.29, 1.82) is 0 Å². The van der Waals surface area contributed by atoms with E-state index in [0.29, 0.717) is 5.92 Å². The Bertz CT molecular complexity index is 140. The third-order valence-electron chi connectivity index (χ3n) is 1.54. The molecule has 0 saturated heterocycles. The Morgan fingerprint density at radius 2 is 1.64 bits per heavy atom. The molecule has 0 bridgehead atoms. The molecular formula is C8H20NdO4P-. The third-order valence-corrected chi connectivity index (χ3v) is 1.54. The van der Waals surface area contributed by atoms with Gasteiger partial charge in [-0.05, 0) is 0 Å². The molecule has 6 heteroatoms. The summed E-state index contributed by atoms with van der Waals surface area (Å²) in [5.41, 5.74) is 0. The summed E-state index contributed by atoms with van der Waals surface area (Å²) in [6.07, 6.45) is 5.21. The average Bonchev–Trinajstić information content (AvgIpc) is 1.97. The SMILES string of the molecule is O=P(O)(O)O.[CH2-]C(CC)CCCC.[Nd]. The molecular weight excluding hydrogens is 335 g/mol. The second-order valence-corrected chi connectivity index (χ2v) is 3.96. The summed E-state index contributed by atoms with van der Waals surface area (Å²) in [4.78, 5) is 21.6. The summed E-state index contributed by atoms with van der Waals surface area (Å²) >= 11 is 0. The van der Waals surface area contributed by atoms with Crippen LogP contribution in [0.15, 0.2) is 0 Å². The van der Waals surface area contributed by atoms with E-state index in [9.17, 15) is 0 Å². The molecule has 0 aromatic rings. The minimum absolute atomic E-state index is 0. The summed E-state index contributed by atoms with van der Waals surface area (Å²) in [6.45, 7) is 8.42. The van der Waals surface area contributed by atoms with Crippen molar-refractivity contribution in [2.45, 2.75) is 39.5 Å². The van der Waals surface area contributed by atoms with E-state index in [-0.39, 0.29) is 40.8 Å². The molecule has 0 aliphatic heterocycles. The predicted octanol–water partition coefficient (Wildman–Crippen LogP) is 2.11. The van der Waals surface area contributed by atoms with E-state index < -0.39 is 7.82 Å². The molecule has 14 heavy (non-hydrogen) atoms. The van der Waals surface area contributed by atoms with Gasteiger partial charge < -0.3 is 21.6 Å². The molecule has 0 amide bonds. The standard InChI is InChI=1S/C8H17.Nd.H3O4P/c1-4-6-7-8(3)5-2;;1-5(2,3)4/h8H,3-7H2,1-2H3;;(H3,1,2,3,4)/q-1;;. The summed E-state index contributed by atoms with van der Waals surface area (Å²) in [5.74, 6) is 0.704. The van der Waals surface area contributed by atoms with Gasteiger partial charge in [0.05, 0.1) is 0 Å². The van der Waals surface area contributed by atoms with Crippen molar-refractivity contribution in [2.75, 3.05) is 0 Å². The Morgan fingerprint density at radius 3 is 1.86 bits per heavy atom. The molecule has 1 unspecified atom stereocenters. The maximum atomic E-state index is 8.88. The molecule has 1 atom stereocenters. The normalized spacial score (nSPS) is 12.1. The van der Waals surface area contributed by atoms with Gasteiger partial charge in [0, 0.05) is 40.8 Å². The van der Waals surface area contributed by atoms with E-state index in [1.165, 1.54) is 25.7 Å². The van der Waals surface area contributed by atoms with Crippen LogP contribution in [-0.2, 0) is 4.57 Å². The minimum atomic E-state index is -4.64. The zero-order valence-electron chi connectivity index (χ0n) is 8.81. The first-order valence-corrected chi connectivity index (χ1v) is 5.99. The Balaban J connectivity index is -0.000000177. The van der Waals surface area contributed by atoms with Crippen LogP contribution in [0.5, 0.6) is 0 Å². The Hall–Kier alpha value is 1.46. The fourth-order valence-corrected chi connectivity index (χ4v) is 0.697. The molecule has 0 saturated carbocycles. The predicted molar refractivity (Wildman–Crippen MR) is 52.9 cm³/mol. The Kier molecular flexibility index (Phi) is 18.6. The van der Waals surface area contributed by atoms with Crippen LogP contribution in [0, 0.1) is 53.7 Å². The zero-order chi connectivity index (χ0) is 10.9. The quantitative estimate of drug-likeness (QED) is 0.533. The first-order valence-electron chi connectivity index (χ1n) is 4.42. The van der Waals surface area contributed by atoms with Crippen LogP contribution in [0.1, 0.15) is 39.5 Å². The molecule has 0 heterocycles. The second kappa shape index (κ2) is 12.5. The van der Waals surface area contributed by atoms with Crippen molar-refractivity contribution in [3.63, 3.8) is 0 Å². The Labute approximate surface area is 119 Å². The van der Waals surface area contributed by atoms with Crippen molar-refractivity contribution in [3.8, 4) is 0 Å². The van der Waals surface area contributed by atoms with Crippen LogP contribution in [0.25, 0.3) is 0 Å². The first kappa shape index (κ1) is 20.8. The van der Waals surface area contributed by atoms with E-state index >= 15 is 0 Å². The molecule has 0 fully saturated rings. The van der Waals surface area contributed by atoms with Gasteiger partial charge in [-0.15, -0.1) is 0 Å². The molecule has 0 radical (unpaired) electrons. The zero-order valence-corrected chi connectivity index (χ0v) is 12.9. The van der Waals surface area contributed by atoms with E-state index in [4.69, 9.17) is 19.2 Å². The van der Waals surface area contributed by atoms with E-state index in [1.54, 1.807) is 0 Å². The van der Waals surface area contributed by atoms with Crippen molar-refractivity contribution in [3.05, 3.63) is 6.92 Å². The minimum Gasteiger partial charge on any atom is -0.340 e. The van der Waals surface area contributed by atoms with Crippen molar-refractivity contribution >= 4 is 7.82 Å². The average molecular weight is 355 g/mol. The van der Waals surface area contributed by atoms with Gasteiger partial charge in [-0.25, -0.2) is 4.57 Å². The molecule has 0 aromatic carbocycles. The maximum absolute atomic E-state index is 8.88.